The molecule has 3 aromatic heterocycles. The van der Waals surface area contributed by atoms with E-state index in [9.17, 15) is 14.4 Å². The number of carbonyl (C=O) groups is 1. The van der Waals surface area contributed by atoms with E-state index in [0.717, 1.165) is 27.0 Å². The van der Waals surface area contributed by atoms with Gasteiger partial charge < -0.3 is 4.74 Å². The van der Waals surface area contributed by atoms with Crippen molar-refractivity contribution in [2.45, 2.75) is 13.2 Å². The van der Waals surface area contributed by atoms with Crippen molar-refractivity contribution in [1.82, 2.24) is 14.0 Å². The van der Waals surface area contributed by atoms with Crippen molar-refractivity contribution in [3.63, 3.8) is 0 Å². The Labute approximate surface area is 175 Å². The van der Waals surface area contributed by atoms with Gasteiger partial charge >= 0.3 is 11.7 Å². The number of halogens is 1. The molecule has 4 aromatic rings. The molecule has 29 heavy (non-hydrogen) atoms. The van der Waals surface area contributed by atoms with Crippen LogP contribution in [0.25, 0.3) is 4.83 Å². The fraction of sp³-hybridized carbons (Fsp3) is 0.100. The third-order valence-electron chi connectivity index (χ3n) is 4.15. The summed E-state index contributed by atoms with van der Waals surface area (Å²) in [6.45, 7) is 0.268. The highest BCUT2D eigenvalue weighted by Gasteiger charge is 2.15. The van der Waals surface area contributed by atoms with Crippen LogP contribution in [0, 0.1) is 0 Å². The van der Waals surface area contributed by atoms with E-state index in [1.807, 2.05) is 30.3 Å². The lowest BCUT2D eigenvalue weighted by Gasteiger charge is -2.05. The molecule has 0 saturated carbocycles. The second kappa shape index (κ2) is 8.85. The second-order valence-electron chi connectivity index (χ2n) is 6.07. The minimum absolute atomic E-state index is 0. The summed E-state index contributed by atoms with van der Waals surface area (Å²) in [5, 5.41) is 0. The fourth-order valence-electron chi connectivity index (χ4n) is 2.73. The van der Waals surface area contributed by atoms with Gasteiger partial charge in [-0.15, -0.1) is 23.7 Å². The van der Waals surface area contributed by atoms with Gasteiger partial charge in [0.1, 0.15) is 16.3 Å². The van der Waals surface area contributed by atoms with Crippen molar-refractivity contribution in [2.24, 2.45) is 0 Å². The van der Waals surface area contributed by atoms with Gasteiger partial charge in [-0.3, -0.25) is 18.7 Å². The Hall–Kier alpha value is -3.23. The average Bonchev–Trinajstić information content (AvgIpc) is 3.15. The summed E-state index contributed by atoms with van der Waals surface area (Å²) in [4.78, 5) is 42.0. The van der Waals surface area contributed by atoms with Crippen LogP contribution in [0.5, 0.6) is 0 Å². The zero-order valence-electron chi connectivity index (χ0n) is 15.1. The molecular formula is C20H16ClN3O4S. The number of nitrogens with zero attached hydrogens (tertiary/aromatic N) is 3. The Kier molecular flexibility index (Phi) is 6.26. The number of hydrogen-bond acceptors (Lipinski definition) is 6. The minimum atomic E-state index is -0.549. The van der Waals surface area contributed by atoms with Crippen LogP contribution < -0.4 is 11.2 Å². The monoisotopic (exact) mass is 429 g/mol. The third-order valence-corrected chi connectivity index (χ3v) is 5.17. The predicted molar refractivity (Wildman–Crippen MR) is 112 cm³/mol. The largest absolute Gasteiger partial charge is 0.457 e. The molecule has 0 saturated heterocycles. The molecule has 0 radical (unpaired) electrons. The van der Waals surface area contributed by atoms with Gasteiger partial charge in [-0.25, -0.2) is 9.59 Å². The first-order valence-electron chi connectivity index (χ1n) is 8.48. The lowest BCUT2D eigenvalue weighted by atomic mass is 10.2. The minimum Gasteiger partial charge on any atom is -0.457 e. The number of ether oxygens (including phenoxy) is 1. The summed E-state index contributed by atoms with van der Waals surface area (Å²) in [6.07, 6.45) is 4.64. The molecule has 0 atom stereocenters. The van der Waals surface area contributed by atoms with Crippen LogP contribution in [0.4, 0.5) is 0 Å². The first-order valence-corrected chi connectivity index (χ1v) is 9.29. The maximum absolute atomic E-state index is 12.7. The Morgan fingerprint density at radius 1 is 1.03 bits per heavy atom. The molecule has 0 aliphatic heterocycles. The molecule has 0 aliphatic rings. The highest BCUT2D eigenvalue weighted by Crippen LogP contribution is 2.17. The van der Waals surface area contributed by atoms with Crippen LogP contribution in [0.2, 0.25) is 0 Å². The fourth-order valence-corrected chi connectivity index (χ4v) is 3.64. The van der Waals surface area contributed by atoms with E-state index in [0.29, 0.717) is 4.83 Å². The summed E-state index contributed by atoms with van der Waals surface area (Å²) in [7, 11) is 0. The van der Waals surface area contributed by atoms with Gasteiger partial charge in [0.2, 0.25) is 0 Å². The molecule has 7 nitrogen and oxygen atoms in total. The van der Waals surface area contributed by atoms with E-state index in [4.69, 9.17) is 4.74 Å². The van der Waals surface area contributed by atoms with Crippen molar-refractivity contribution in [1.29, 1.82) is 0 Å². The molecule has 0 fully saturated rings. The average molecular weight is 430 g/mol. The van der Waals surface area contributed by atoms with Crippen molar-refractivity contribution >= 4 is 34.5 Å². The summed E-state index contributed by atoms with van der Waals surface area (Å²) < 4.78 is 7.73. The Morgan fingerprint density at radius 2 is 1.76 bits per heavy atom. The van der Waals surface area contributed by atoms with E-state index < -0.39 is 17.2 Å². The molecule has 1 aromatic carbocycles. The molecule has 0 aliphatic carbocycles. The zero-order chi connectivity index (χ0) is 19.5. The Bertz CT molecular complexity index is 1250. The molecule has 3 heterocycles. The van der Waals surface area contributed by atoms with Crippen LogP contribution in [-0.2, 0) is 17.9 Å². The lowest BCUT2D eigenvalue weighted by Crippen LogP contribution is -2.36. The van der Waals surface area contributed by atoms with Crippen LogP contribution in [0.15, 0.2) is 76.7 Å². The van der Waals surface area contributed by atoms with Gasteiger partial charge in [0.25, 0.3) is 5.56 Å². The van der Waals surface area contributed by atoms with E-state index in [-0.39, 0.29) is 30.4 Å². The first kappa shape index (κ1) is 20.5. The van der Waals surface area contributed by atoms with Crippen molar-refractivity contribution < 1.29 is 9.53 Å². The summed E-state index contributed by atoms with van der Waals surface area (Å²) in [5.41, 5.74) is 0.751. The molecule has 0 bridgehead atoms. The number of hydrogen-bond donors (Lipinski definition) is 0. The Balaban J connectivity index is 0.00000240. The quantitative estimate of drug-likeness (QED) is 0.455. The number of fused-ring (bicyclic) bond motifs is 1. The topological polar surface area (TPSA) is 82.7 Å². The number of aromatic nitrogens is 3. The SMILES string of the molecule is Cl.O=C(OCc1ccncc1)c1cn2c(=O)n(Cc3ccccc3)c(=O)cc2s1. The van der Waals surface area contributed by atoms with Crippen LogP contribution in [0.1, 0.15) is 20.8 Å². The predicted octanol–water partition coefficient (Wildman–Crippen LogP) is 2.74. The van der Waals surface area contributed by atoms with Gasteiger partial charge in [0, 0.05) is 24.7 Å². The highest BCUT2D eigenvalue weighted by atomic mass is 35.5. The molecule has 0 spiro atoms. The van der Waals surface area contributed by atoms with Crippen molar-refractivity contribution in [3.8, 4) is 0 Å². The van der Waals surface area contributed by atoms with E-state index >= 15 is 0 Å². The Morgan fingerprint density at radius 3 is 2.48 bits per heavy atom. The molecule has 9 heteroatoms. The number of pyridine rings is 1. The molecular weight excluding hydrogens is 414 g/mol. The lowest BCUT2D eigenvalue weighted by molar-refractivity contribution is 0.0478. The normalized spacial score (nSPS) is 10.5. The number of thiazole rings is 1. The highest BCUT2D eigenvalue weighted by molar-refractivity contribution is 7.19. The maximum Gasteiger partial charge on any atom is 0.350 e. The van der Waals surface area contributed by atoms with Gasteiger partial charge in [-0.05, 0) is 23.3 Å². The third kappa shape index (κ3) is 4.44. The molecule has 0 unspecified atom stereocenters. The van der Waals surface area contributed by atoms with Gasteiger partial charge in [-0.1, -0.05) is 30.3 Å². The van der Waals surface area contributed by atoms with Crippen molar-refractivity contribution in [2.75, 3.05) is 0 Å². The molecule has 4 rings (SSSR count). The number of benzene rings is 1. The zero-order valence-corrected chi connectivity index (χ0v) is 16.7. The van der Waals surface area contributed by atoms with E-state index in [1.165, 1.54) is 16.7 Å². The summed E-state index contributed by atoms with van der Waals surface area (Å²) in [5.74, 6) is -0.549. The summed E-state index contributed by atoms with van der Waals surface area (Å²) >= 11 is 1.05. The molecule has 148 valence electrons. The standard InChI is InChI=1S/C20H15N3O4S.ClH/c24-17-10-18-23(20(26)22(17)11-14-4-2-1-3-5-14)12-16(28-18)19(25)27-13-15-6-8-21-9-7-15;/h1-10,12H,11,13H2;1H. The number of carbonyl (C=O) groups excluding carboxylic acids is 1. The summed E-state index contributed by atoms with van der Waals surface area (Å²) in [6, 6.07) is 14.1. The van der Waals surface area contributed by atoms with Crippen LogP contribution in [0.3, 0.4) is 0 Å². The van der Waals surface area contributed by atoms with Crippen LogP contribution >= 0.6 is 23.7 Å². The van der Waals surface area contributed by atoms with Crippen molar-refractivity contribution in [3.05, 3.63) is 104 Å². The smallest absolute Gasteiger partial charge is 0.350 e. The molecule has 0 N–H and O–H groups in total. The van der Waals surface area contributed by atoms with E-state index in [2.05, 4.69) is 4.98 Å². The van der Waals surface area contributed by atoms with E-state index in [1.54, 1.807) is 24.5 Å². The maximum atomic E-state index is 12.7. The van der Waals surface area contributed by atoms with Gasteiger partial charge in [0.15, 0.2) is 0 Å². The van der Waals surface area contributed by atoms with Crippen LogP contribution in [-0.4, -0.2) is 19.9 Å². The number of esters is 1. The molecule has 0 amide bonds. The second-order valence-corrected chi connectivity index (χ2v) is 7.13. The van der Waals surface area contributed by atoms with Gasteiger partial charge in [-0.2, -0.15) is 0 Å². The van der Waals surface area contributed by atoms with Gasteiger partial charge in [0.05, 0.1) is 6.54 Å². The first-order chi connectivity index (χ1) is 13.6. The number of rotatable bonds is 5.